The summed E-state index contributed by atoms with van der Waals surface area (Å²) in [7, 11) is 0. The summed E-state index contributed by atoms with van der Waals surface area (Å²) in [6.07, 6.45) is 2.98. The van der Waals surface area contributed by atoms with Crippen molar-refractivity contribution in [1.29, 1.82) is 0 Å². The molecule has 152 valence electrons. The third-order valence-electron chi connectivity index (χ3n) is 5.62. The van der Waals surface area contributed by atoms with E-state index in [1.54, 1.807) is 0 Å². The lowest BCUT2D eigenvalue weighted by atomic mass is 10.1. The Kier molecular flexibility index (Phi) is 5.15. The fourth-order valence-electron chi connectivity index (χ4n) is 4.13. The summed E-state index contributed by atoms with van der Waals surface area (Å²) in [5.74, 6) is 1.12. The van der Waals surface area contributed by atoms with Crippen molar-refractivity contribution < 1.29 is 0 Å². The summed E-state index contributed by atoms with van der Waals surface area (Å²) in [4.78, 5) is 14.3. The van der Waals surface area contributed by atoms with Crippen molar-refractivity contribution in [2.75, 3.05) is 31.1 Å². The largest absolute Gasteiger partial charge is 0.355 e. The third kappa shape index (κ3) is 3.91. The number of rotatable bonds is 4. The van der Waals surface area contributed by atoms with E-state index in [1.807, 2.05) is 29.8 Å². The molecule has 1 saturated heterocycles. The molecule has 3 aromatic heterocycles. The van der Waals surface area contributed by atoms with Crippen LogP contribution in [0.1, 0.15) is 17.8 Å². The molecular weight excluding hydrogens is 372 g/mol. The second-order valence-corrected chi connectivity index (χ2v) is 7.86. The molecule has 0 aliphatic carbocycles. The van der Waals surface area contributed by atoms with Gasteiger partial charge in [0.05, 0.1) is 17.1 Å². The van der Waals surface area contributed by atoms with E-state index in [2.05, 4.69) is 63.3 Å². The maximum absolute atomic E-state index is 4.87. The SMILES string of the molecule is Cc1cc2nc(-c3ccccc3)cc(N3CCCN(Cc4ccccn4)CC3)n2n1. The van der Waals surface area contributed by atoms with Gasteiger partial charge < -0.3 is 4.90 Å². The molecule has 0 radical (unpaired) electrons. The first kappa shape index (κ1) is 18.8. The summed E-state index contributed by atoms with van der Waals surface area (Å²) in [5, 5.41) is 4.73. The van der Waals surface area contributed by atoms with Crippen molar-refractivity contribution in [1.82, 2.24) is 24.5 Å². The minimum atomic E-state index is 0.899. The van der Waals surface area contributed by atoms with E-state index >= 15 is 0 Å². The average molecular weight is 399 g/mol. The number of benzene rings is 1. The van der Waals surface area contributed by atoms with Gasteiger partial charge in [-0.15, -0.1) is 0 Å². The number of hydrogen-bond donors (Lipinski definition) is 0. The first-order valence-corrected chi connectivity index (χ1v) is 10.6. The van der Waals surface area contributed by atoms with Gasteiger partial charge in [0.1, 0.15) is 5.82 Å². The van der Waals surface area contributed by atoms with Crippen molar-refractivity contribution in [3.8, 4) is 11.3 Å². The molecule has 30 heavy (non-hydrogen) atoms. The molecule has 0 N–H and O–H groups in total. The van der Waals surface area contributed by atoms with Crippen molar-refractivity contribution in [2.24, 2.45) is 0 Å². The van der Waals surface area contributed by atoms with Crippen LogP contribution in [0.3, 0.4) is 0 Å². The first-order valence-electron chi connectivity index (χ1n) is 10.6. The second-order valence-electron chi connectivity index (χ2n) is 7.86. The summed E-state index contributed by atoms with van der Waals surface area (Å²) in [5.41, 5.74) is 5.14. The van der Waals surface area contributed by atoms with Gasteiger partial charge in [0.25, 0.3) is 0 Å². The van der Waals surface area contributed by atoms with Gasteiger partial charge in [0.2, 0.25) is 0 Å². The van der Waals surface area contributed by atoms with E-state index in [-0.39, 0.29) is 0 Å². The molecule has 6 nitrogen and oxygen atoms in total. The number of hydrogen-bond acceptors (Lipinski definition) is 5. The standard InChI is InChI=1S/C24H26N6/c1-19-16-23-26-22(20-8-3-2-4-9-20)17-24(30(23)27-19)29-13-7-12-28(14-15-29)18-21-10-5-6-11-25-21/h2-6,8-11,16-17H,7,12-15,18H2,1H3. The molecule has 4 aromatic rings. The Hall–Kier alpha value is -3.25. The highest BCUT2D eigenvalue weighted by atomic mass is 15.4. The zero-order chi connectivity index (χ0) is 20.3. The van der Waals surface area contributed by atoms with Gasteiger partial charge in [-0.3, -0.25) is 9.88 Å². The van der Waals surface area contributed by atoms with Crippen LogP contribution >= 0.6 is 0 Å². The van der Waals surface area contributed by atoms with Crippen LogP contribution in [0.5, 0.6) is 0 Å². The molecule has 1 aliphatic rings. The van der Waals surface area contributed by atoms with Gasteiger partial charge in [0.15, 0.2) is 5.65 Å². The van der Waals surface area contributed by atoms with Crippen LogP contribution < -0.4 is 4.90 Å². The van der Waals surface area contributed by atoms with Gasteiger partial charge >= 0.3 is 0 Å². The molecule has 0 saturated carbocycles. The Balaban J connectivity index is 1.43. The van der Waals surface area contributed by atoms with Gasteiger partial charge in [0, 0.05) is 56.6 Å². The molecule has 4 heterocycles. The van der Waals surface area contributed by atoms with Crippen LogP contribution in [0.25, 0.3) is 16.9 Å². The molecule has 6 heteroatoms. The molecule has 0 spiro atoms. The zero-order valence-corrected chi connectivity index (χ0v) is 17.3. The van der Waals surface area contributed by atoms with E-state index in [0.717, 1.165) is 73.3 Å². The molecule has 0 atom stereocenters. The fraction of sp³-hybridized carbons (Fsp3) is 0.292. The molecule has 0 unspecified atom stereocenters. The van der Waals surface area contributed by atoms with Crippen molar-refractivity contribution in [3.63, 3.8) is 0 Å². The maximum atomic E-state index is 4.87. The zero-order valence-electron chi connectivity index (χ0n) is 17.3. The lowest BCUT2D eigenvalue weighted by Gasteiger charge is -2.24. The van der Waals surface area contributed by atoms with Gasteiger partial charge in [-0.2, -0.15) is 9.61 Å². The Morgan fingerprint density at radius 3 is 2.60 bits per heavy atom. The Morgan fingerprint density at radius 1 is 0.900 bits per heavy atom. The van der Waals surface area contributed by atoms with Crippen molar-refractivity contribution in [3.05, 3.63) is 78.2 Å². The Labute approximate surface area is 176 Å². The molecular formula is C24H26N6. The van der Waals surface area contributed by atoms with Crippen LogP contribution in [0.4, 0.5) is 5.82 Å². The van der Waals surface area contributed by atoms with Crippen molar-refractivity contribution >= 4 is 11.5 Å². The van der Waals surface area contributed by atoms with Crippen LogP contribution in [-0.4, -0.2) is 50.7 Å². The summed E-state index contributed by atoms with van der Waals surface area (Å²) in [6.45, 7) is 6.96. The first-order chi connectivity index (χ1) is 14.8. The van der Waals surface area contributed by atoms with Crippen LogP contribution in [0.2, 0.25) is 0 Å². The molecule has 1 aromatic carbocycles. The van der Waals surface area contributed by atoms with Crippen LogP contribution in [-0.2, 0) is 6.54 Å². The Bertz CT molecular complexity index is 1120. The summed E-state index contributed by atoms with van der Waals surface area (Å²) >= 11 is 0. The van der Waals surface area contributed by atoms with E-state index in [4.69, 9.17) is 10.1 Å². The second kappa shape index (κ2) is 8.24. The van der Waals surface area contributed by atoms with Crippen LogP contribution in [0, 0.1) is 6.92 Å². The molecule has 0 amide bonds. The lowest BCUT2D eigenvalue weighted by Crippen LogP contribution is -2.32. The molecule has 1 fully saturated rings. The number of pyridine rings is 1. The topological polar surface area (TPSA) is 49.6 Å². The van der Waals surface area contributed by atoms with Gasteiger partial charge in [-0.1, -0.05) is 36.4 Å². The highest BCUT2D eigenvalue weighted by Crippen LogP contribution is 2.26. The highest BCUT2D eigenvalue weighted by Gasteiger charge is 2.20. The molecule has 1 aliphatic heterocycles. The fourth-order valence-corrected chi connectivity index (χ4v) is 4.13. The molecule has 0 bridgehead atoms. The average Bonchev–Trinajstić information content (AvgIpc) is 3.01. The Morgan fingerprint density at radius 2 is 1.77 bits per heavy atom. The third-order valence-corrected chi connectivity index (χ3v) is 5.62. The highest BCUT2D eigenvalue weighted by molar-refractivity contribution is 5.67. The quantitative estimate of drug-likeness (QED) is 0.523. The number of nitrogens with zero attached hydrogens (tertiary/aromatic N) is 6. The maximum Gasteiger partial charge on any atom is 0.158 e. The van der Waals surface area contributed by atoms with E-state index in [1.165, 1.54) is 0 Å². The number of aromatic nitrogens is 4. The normalized spacial score (nSPS) is 15.4. The number of aryl methyl sites for hydroxylation is 1. The van der Waals surface area contributed by atoms with Crippen molar-refractivity contribution in [2.45, 2.75) is 19.9 Å². The van der Waals surface area contributed by atoms with Gasteiger partial charge in [-0.25, -0.2) is 4.98 Å². The predicted molar refractivity (Wildman–Crippen MR) is 120 cm³/mol. The van der Waals surface area contributed by atoms with Gasteiger partial charge in [-0.05, 0) is 25.5 Å². The van der Waals surface area contributed by atoms with Crippen LogP contribution in [0.15, 0.2) is 66.9 Å². The monoisotopic (exact) mass is 398 g/mol. The number of anilines is 1. The molecule has 5 rings (SSSR count). The lowest BCUT2D eigenvalue weighted by molar-refractivity contribution is 0.282. The minimum absolute atomic E-state index is 0.899. The smallest absolute Gasteiger partial charge is 0.158 e. The minimum Gasteiger partial charge on any atom is -0.355 e. The van der Waals surface area contributed by atoms with E-state index in [0.29, 0.717) is 0 Å². The van der Waals surface area contributed by atoms with E-state index in [9.17, 15) is 0 Å². The predicted octanol–water partition coefficient (Wildman–Crippen LogP) is 3.81. The summed E-state index contributed by atoms with van der Waals surface area (Å²) < 4.78 is 2.00. The summed E-state index contributed by atoms with van der Waals surface area (Å²) in [6, 6.07) is 20.8. The van der Waals surface area contributed by atoms with E-state index < -0.39 is 0 Å². The number of fused-ring (bicyclic) bond motifs is 1.